The Labute approximate surface area is 112 Å². The van der Waals surface area contributed by atoms with Gasteiger partial charge < -0.3 is 9.47 Å². The smallest absolute Gasteiger partial charge is 0.172 e. The predicted octanol–water partition coefficient (Wildman–Crippen LogP) is 3.17. The summed E-state index contributed by atoms with van der Waals surface area (Å²) >= 11 is 1.68. The topological polar surface area (TPSA) is 35.5 Å². The van der Waals surface area contributed by atoms with Crippen molar-refractivity contribution in [3.63, 3.8) is 0 Å². The van der Waals surface area contributed by atoms with Crippen LogP contribution in [0.3, 0.4) is 0 Å². The van der Waals surface area contributed by atoms with Crippen molar-refractivity contribution in [1.29, 1.82) is 0 Å². The van der Waals surface area contributed by atoms with Crippen molar-refractivity contribution in [1.82, 2.24) is 0 Å². The standard InChI is InChI=1S/C14H18O3S/c1-2-8-18-10-12(15)11-4-5-13-14(9-11)17-7-3-6-16-13/h4-5,9H,2-3,6-8,10H2,1H3. The molecule has 1 aromatic rings. The third-order valence-electron chi connectivity index (χ3n) is 2.65. The molecule has 0 aromatic heterocycles. The summed E-state index contributed by atoms with van der Waals surface area (Å²) < 4.78 is 11.1. The lowest BCUT2D eigenvalue weighted by molar-refractivity contribution is 0.102. The summed E-state index contributed by atoms with van der Waals surface area (Å²) in [6.07, 6.45) is 1.98. The van der Waals surface area contributed by atoms with E-state index in [9.17, 15) is 4.79 Å². The summed E-state index contributed by atoms with van der Waals surface area (Å²) in [5, 5.41) is 0. The first-order chi connectivity index (χ1) is 8.81. The van der Waals surface area contributed by atoms with Crippen LogP contribution in [0.4, 0.5) is 0 Å². The molecule has 0 saturated carbocycles. The van der Waals surface area contributed by atoms with Crippen LogP contribution in [-0.4, -0.2) is 30.5 Å². The quantitative estimate of drug-likeness (QED) is 0.606. The number of carbonyl (C=O) groups excluding carboxylic acids is 1. The normalized spacial score (nSPS) is 14.1. The van der Waals surface area contributed by atoms with Gasteiger partial charge in [0.25, 0.3) is 0 Å². The van der Waals surface area contributed by atoms with Gasteiger partial charge in [-0.25, -0.2) is 0 Å². The molecule has 0 bridgehead atoms. The summed E-state index contributed by atoms with van der Waals surface area (Å²) in [6, 6.07) is 5.45. The number of Topliss-reactive ketones (excluding diaryl/α,β-unsaturated/α-hetero) is 1. The van der Waals surface area contributed by atoms with E-state index < -0.39 is 0 Å². The Bertz CT molecular complexity index is 418. The van der Waals surface area contributed by atoms with E-state index in [-0.39, 0.29) is 5.78 Å². The van der Waals surface area contributed by atoms with Crippen molar-refractivity contribution in [2.45, 2.75) is 19.8 Å². The fourth-order valence-electron chi connectivity index (χ4n) is 1.73. The molecule has 0 fully saturated rings. The van der Waals surface area contributed by atoms with Gasteiger partial charge in [0.05, 0.1) is 19.0 Å². The number of rotatable bonds is 5. The highest BCUT2D eigenvalue weighted by Crippen LogP contribution is 2.30. The lowest BCUT2D eigenvalue weighted by Gasteiger charge is -2.08. The van der Waals surface area contributed by atoms with Gasteiger partial charge in [-0.05, 0) is 30.4 Å². The minimum atomic E-state index is 0.157. The summed E-state index contributed by atoms with van der Waals surface area (Å²) in [6.45, 7) is 3.44. The molecule has 4 heteroatoms. The Kier molecular flexibility index (Phi) is 4.93. The molecule has 1 heterocycles. The molecule has 0 saturated heterocycles. The zero-order valence-electron chi connectivity index (χ0n) is 10.6. The lowest BCUT2D eigenvalue weighted by atomic mass is 10.1. The highest BCUT2D eigenvalue weighted by atomic mass is 32.2. The molecular formula is C14H18O3S. The molecule has 0 radical (unpaired) electrons. The van der Waals surface area contributed by atoms with Crippen LogP contribution in [0.2, 0.25) is 0 Å². The second-order valence-electron chi connectivity index (χ2n) is 4.19. The first kappa shape index (κ1) is 13.3. The van der Waals surface area contributed by atoms with Gasteiger partial charge in [0.1, 0.15) is 0 Å². The monoisotopic (exact) mass is 266 g/mol. The lowest BCUT2D eigenvalue weighted by Crippen LogP contribution is -2.04. The minimum Gasteiger partial charge on any atom is -0.490 e. The third kappa shape index (κ3) is 3.42. The second kappa shape index (κ2) is 6.69. The van der Waals surface area contributed by atoms with Crippen molar-refractivity contribution in [3.8, 4) is 11.5 Å². The Morgan fingerprint density at radius 2 is 2.06 bits per heavy atom. The number of carbonyl (C=O) groups is 1. The van der Waals surface area contributed by atoms with E-state index in [0.717, 1.165) is 24.3 Å². The van der Waals surface area contributed by atoms with Crippen LogP contribution in [0.5, 0.6) is 11.5 Å². The Morgan fingerprint density at radius 1 is 1.28 bits per heavy atom. The van der Waals surface area contributed by atoms with E-state index in [1.54, 1.807) is 17.8 Å². The number of benzene rings is 1. The summed E-state index contributed by atoms with van der Waals surface area (Å²) in [4.78, 5) is 12.0. The summed E-state index contributed by atoms with van der Waals surface area (Å²) in [5.74, 6) is 3.15. The molecule has 18 heavy (non-hydrogen) atoms. The Balaban J connectivity index is 2.05. The van der Waals surface area contributed by atoms with E-state index in [0.29, 0.717) is 30.3 Å². The fourth-order valence-corrected chi connectivity index (χ4v) is 2.51. The molecule has 3 nitrogen and oxygen atoms in total. The van der Waals surface area contributed by atoms with Crippen molar-refractivity contribution in [2.75, 3.05) is 24.7 Å². The van der Waals surface area contributed by atoms with Gasteiger partial charge in [-0.1, -0.05) is 6.92 Å². The van der Waals surface area contributed by atoms with Crippen LogP contribution < -0.4 is 9.47 Å². The summed E-state index contributed by atoms with van der Waals surface area (Å²) in [5.41, 5.74) is 0.711. The van der Waals surface area contributed by atoms with Gasteiger partial charge in [0, 0.05) is 12.0 Å². The van der Waals surface area contributed by atoms with Crippen molar-refractivity contribution in [2.24, 2.45) is 0 Å². The largest absolute Gasteiger partial charge is 0.490 e. The number of thioether (sulfide) groups is 1. The highest BCUT2D eigenvalue weighted by Gasteiger charge is 2.13. The Hall–Kier alpha value is -1.16. The number of hydrogen-bond donors (Lipinski definition) is 0. The summed E-state index contributed by atoms with van der Waals surface area (Å²) in [7, 11) is 0. The second-order valence-corrected chi connectivity index (χ2v) is 5.29. The van der Waals surface area contributed by atoms with E-state index in [1.807, 2.05) is 12.1 Å². The van der Waals surface area contributed by atoms with Crippen LogP contribution in [-0.2, 0) is 0 Å². The number of hydrogen-bond acceptors (Lipinski definition) is 4. The average molecular weight is 266 g/mol. The maximum Gasteiger partial charge on any atom is 0.172 e. The zero-order valence-corrected chi connectivity index (χ0v) is 11.4. The van der Waals surface area contributed by atoms with Gasteiger partial charge in [-0.2, -0.15) is 11.8 Å². The molecule has 2 rings (SSSR count). The molecule has 0 unspecified atom stereocenters. The highest BCUT2D eigenvalue weighted by molar-refractivity contribution is 7.99. The Morgan fingerprint density at radius 3 is 2.83 bits per heavy atom. The first-order valence-electron chi connectivity index (χ1n) is 6.32. The molecule has 0 spiro atoms. The predicted molar refractivity (Wildman–Crippen MR) is 74.0 cm³/mol. The van der Waals surface area contributed by atoms with Crippen LogP contribution in [0.25, 0.3) is 0 Å². The van der Waals surface area contributed by atoms with Crippen molar-refractivity contribution in [3.05, 3.63) is 23.8 Å². The van der Waals surface area contributed by atoms with Gasteiger partial charge in [0.2, 0.25) is 0 Å². The zero-order chi connectivity index (χ0) is 12.8. The molecule has 0 atom stereocenters. The van der Waals surface area contributed by atoms with Gasteiger partial charge >= 0.3 is 0 Å². The molecule has 1 aromatic carbocycles. The van der Waals surface area contributed by atoms with Gasteiger partial charge in [0.15, 0.2) is 17.3 Å². The molecule has 0 aliphatic carbocycles. The SMILES string of the molecule is CCCSCC(=O)c1ccc2c(c1)OCCCO2. The van der Waals surface area contributed by atoms with Crippen molar-refractivity contribution >= 4 is 17.5 Å². The fraction of sp³-hybridized carbons (Fsp3) is 0.500. The minimum absolute atomic E-state index is 0.157. The first-order valence-corrected chi connectivity index (χ1v) is 7.47. The third-order valence-corrected chi connectivity index (χ3v) is 3.81. The van der Waals surface area contributed by atoms with E-state index in [2.05, 4.69) is 6.92 Å². The van der Waals surface area contributed by atoms with Crippen LogP contribution in [0.15, 0.2) is 18.2 Å². The number of ketones is 1. The van der Waals surface area contributed by atoms with Gasteiger partial charge in [-0.3, -0.25) is 4.79 Å². The van der Waals surface area contributed by atoms with E-state index >= 15 is 0 Å². The molecule has 1 aliphatic rings. The molecule has 0 amide bonds. The maximum atomic E-state index is 12.0. The van der Waals surface area contributed by atoms with E-state index in [1.165, 1.54) is 0 Å². The van der Waals surface area contributed by atoms with Crippen LogP contribution in [0.1, 0.15) is 30.1 Å². The number of ether oxygens (including phenoxy) is 2. The molecule has 1 aliphatic heterocycles. The maximum absolute atomic E-state index is 12.0. The van der Waals surface area contributed by atoms with E-state index in [4.69, 9.17) is 9.47 Å². The average Bonchev–Trinajstić information content (AvgIpc) is 2.63. The number of fused-ring (bicyclic) bond motifs is 1. The van der Waals surface area contributed by atoms with Crippen molar-refractivity contribution < 1.29 is 14.3 Å². The van der Waals surface area contributed by atoms with Crippen LogP contribution in [0, 0.1) is 0 Å². The van der Waals surface area contributed by atoms with Gasteiger partial charge in [-0.15, -0.1) is 0 Å². The molecule has 98 valence electrons. The molecular weight excluding hydrogens is 248 g/mol. The molecule has 0 N–H and O–H groups in total. The van der Waals surface area contributed by atoms with Crippen LogP contribution >= 0.6 is 11.8 Å².